The number of hydrogen-bond acceptors (Lipinski definition) is 5. The molecule has 2 atom stereocenters. The highest BCUT2D eigenvalue weighted by Crippen LogP contribution is 2.33. The summed E-state index contributed by atoms with van der Waals surface area (Å²) in [6.07, 6.45) is 1.70. The summed E-state index contributed by atoms with van der Waals surface area (Å²) in [5.74, 6) is 3.80. The number of carbonyl (C=O) groups is 2. The molecule has 0 saturated carbocycles. The van der Waals surface area contributed by atoms with Gasteiger partial charge in [0.05, 0.1) is 5.92 Å². The second-order valence-corrected chi connectivity index (χ2v) is 9.25. The highest BCUT2D eigenvalue weighted by molar-refractivity contribution is 6.31. The molecule has 2 aromatic carbocycles. The molecule has 0 amide bonds. The van der Waals surface area contributed by atoms with Crippen molar-refractivity contribution < 1.29 is 19.2 Å². The first-order valence-electron chi connectivity index (χ1n) is 10.6. The van der Waals surface area contributed by atoms with E-state index in [4.69, 9.17) is 22.2 Å². The number of benzene rings is 2. The normalized spacial score (nSPS) is 13.4. The van der Waals surface area contributed by atoms with Crippen LogP contribution >= 0.6 is 11.6 Å². The smallest absolute Gasteiger partial charge is 0.324 e. The number of carbonyl (C=O) groups excluding carboxylic acids is 2. The molecule has 0 aliphatic rings. The molecule has 168 valence electrons. The van der Waals surface area contributed by atoms with Gasteiger partial charge in [0.25, 0.3) is 0 Å². The largest absolute Gasteiger partial charge is 0.460 e. The predicted octanol–water partition coefficient (Wildman–Crippen LogP) is 6.05. The fraction of sp³-hybridized carbons (Fsp3) is 0.440. The monoisotopic (exact) mass is 445 g/mol. The van der Waals surface area contributed by atoms with Crippen molar-refractivity contribution in [1.82, 2.24) is 0 Å². The molecule has 1 unspecified atom stereocenters. The molecule has 0 heterocycles. The van der Waals surface area contributed by atoms with Crippen LogP contribution in [0.1, 0.15) is 64.9 Å². The Labute approximate surface area is 189 Å². The van der Waals surface area contributed by atoms with Gasteiger partial charge in [0, 0.05) is 11.4 Å². The third-order valence-corrected chi connectivity index (χ3v) is 5.48. The van der Waals surface area contributed by atoms with E-state index < -0.39 is 17.5 Å². The molecule has 5 nitrogen and oxygen atoms in total. The molecule has 0 bridgehead atoms. The number of esters is 1. The quantitative estimate of drug-likeness (QED) is 0.375. The molecule has 0 aromatic heterocycles. The summed E-state index contributed by atoms with van der Waals surface area (Å²) in [5.41, 5.74) is 2.62. The number of hydrogen-bond donors (Lipinski definition) is 1. The molecule has 0 radical (unpaired) electrons. The SMILES string of the molecule is CC(CC[C@@H](CCC(=O)ON)C(=O)OC(C)(C)C)c1ccc(-c2ccccc2)cc1Cl. The first-order valence-corrected chi connectivity index (χ1v) is 11.0. The van der Waals surface area contributed by atoms with E-state index in [1.165, 1.54) is 0 Å². The van der Waals surface area contributed by atoms with E-state index in [0.29, 0.717) is 17.9 Å². The Balaban J connectivity index is 2.07. The second kappa shape index (κ2) is 11.3. The standard InChI is InChI=1S/C25H32ClNO4/c1-17(21-14-12-20(16-22(21)26)18-8-6-5-7-9-18)10-11-19(13-15-23(28)31-27)24(29)30-25(2,3)4/h5-9,12,14,16-17,19H,10-11,13,15,27H2,1-4H3/t17?,19-/m0/s1. The van der Waals surface area contributed by atoms with Gasteiger partial charge in [-0.1, -0.05) is 61.0 Å². The lowest BCUT2D eigenvalue weighted by molar-refractivity contribution is -0.161. The lowest BCUT2D eigenvalue weighted by atomic mass is 9.89. The van der Waals surface area contributed by atoms with Gasteiger partial charge in [-0.15, -0.1) is 0 Å². The van der Waals surface area contributed by atoms with Crippen molar-refractivity contribution in [2.24, 2.45) is 11.8 Å². The van der Waals surface area contributed by atoms with Crippen LogP contribution in [0.4, 0.5) is 0 Å². The molecular weight excluding hydrogens is 414 g/mol. The van der Waals surface area contributed by atoms with Crippen LogP contribution in [-0.4, -0.2) is 17.5 Å². The molecule has 2 rings (SSSR count). The summed E-state index contributed by atoms with van der Waals surface area (Å²) >= 11 is 6.59. The van der Waals surface area contributed by atoms with E-state index in [-0.39, 0.29) is 18.3 Å². The molecule has 2 aromatic rings. The van der Waals surface area contributed by atoms with Gasteiger partial charge in [-0.25, -0.2) is 0 Å². The summed E-state index contributed by atoms with van der Waals surface area (Å²) in [4.78, 5) is 28.3. The van der Waals surface area contributed by atoms with Gasteiger partial charge < -0.3 is 9.57 Å². The zero-order valence-electron chi connectivity index (χ0n) is 18.7. The first kappa shape index (κ1) is 24.9. The summed E-state index contributed by atoms with van der Waals surface area (Å²) in [6, 6.07) is 16.2. The first-order chi connectivity index (χ1) is 14.6. The average molecular weight is 446 g/mol. The lowest BCUT2D eigenvalue weighted by Crippen LogP contribution is -2.29. The molecule has 0 aliphatic carbocycles. The fourth-order valence-electron chi connectivity index (χ4n) is 3.46. The predicted molar refractivity (Wildman–Crippen MR) is 123 cm³/mol. The minimum atomic E-state index is -0.591. The van der Waals surface area contributed by atoms with E-state index in [1.807, 2.05) is 63.2 Å². The molecule has 2 N–H and O–H groups in total. The Morgan fingerprint density at radius 1 is 1.00 bits per heavy atom. The minimum Gasteiger partial charge on any atom is -0.460 e. The van der Waals surface area contributed by atoms with Crippen LogP contribution in [0.15, 0.2) is 48.5 Å². The molecule has 0 spiro atoms. The zero-order chi connectivity index (χ0) is 23.0. The van der Waals surface area contributed by atoms with Crippen molar-refractivity contribution in [2.45, 2.75) is 64.9 Å². The maximum absolute atomic E-state index is 12.6. The Kier molecular flexibility index (Phi) is 9.08. The van der Waals surface area contributed by atoms with E-state index in [0.717, 1.165) is 23.1 Å². The number of ether oxygens (including phenoxy) is 1. The van der Waals surface area contributed by atoms with Crippen molar-refractivity contribution in [2.75, 3.05) is 0 Å². The number of rotatable bonds is 9. The average Bonchev–Trinajstić information content (AvgIpc) is 2.72. The second-order valence-electron chi connectivity index (χ2n) is 8.84. The minimum absolute atomic E-state index is 0.0708. The van der Waals surface area contributed by atoms with Gasteiger partial charge >= 0.3 is 11.9 Å². The van der Waals surface area contributed by atoms with Crippen LogP contribution < -0.4 is 5.90 Å². The summed E-state index contributed by atoms with van der Waals surface area (Å²) in [6.45, 7) is 7.57. The molecule has 6 heteroatoms. The highest BCUT2D eigenvalue weighted by atomic mass is 35.5. The van der Waals surface area contributed by atoms with Gasteiger partial charge in [-0.3, -0.25) is 9.59 Å². The number of nitrogens with two attached hydrogens (primary N) is 1. The van der Waals surface area contributed by atoms with E-state index in [9.17, 15) is 9.59 Å². The lowest BCUT2D eigenvalue weighted by Gasteiger charge is -2.25. The zero-order valence-corrected chi connectivity index (χ0v) is 19.4. The molecule has 0 fully saturated rings. The topological polar surface area (TPSA) is 78.6 Å². The Hall–Kier alpha value is -2.37. The van der Waals surface area contributed by atoms with Crippen molar-refractivity contribution in [3.05, 3.63) is 59.1 Å². The van der Waals surface area contributed by atoms with Crippen LogP contribution in [0.3, 0.4) is 0 Å². The van der Waals surface area contributed by atoms with Crippen LogP contribution in [-0.2, 0) is 19.2 Å². The van der Waals surface area contributed by atoms with Gasteiger partial charge in [-0.2, -0.15) is 5.90 Å². The maximum atomic E-state index is 12.6. The van der Waals surface area contributed by atoms with Crippen LogP contribution in [0.2, 0.25) is 5.02 Å². The van der Waals surface area contributed by atoms with E-state index in [1.54, 1.807) is 0 Å². The Morgan fingerprint density at radius 3 is 2.26 bits per heavy atom. The van der Waals surface area contributed by atoms with Gasteiger partial charge in [-0.05, 0) is 68.7 Å². The molecule has 0 aliphatic heterocycles. The Morgan fingerprint density at radius 2 is 1.68 bits per heavy atom. The molecule has 0 saturated heterocycles. The summed E-state index contributed by atoms with van der Waals surface area (Å²) in [5, 5.41) is 0.703. The van der Waals surface area contributed by atoms with Crippen molar-refractivity contribution in [3.63, 3.8) is 0 Å². The van der Waals surface area contributed by atoms with Gasteiger partial charge in [0.1, 0.15) is 5.60 Å². The summed E-state index contributed by atoms with van der Waals surface area (Å²) < 4.78 is 5.54. The van der Waals surface area contributed by atoms with E-state index >= 15 is 0 Å². The molecule has 31 heavy (non-hydrogen) atoms. The van der Waals surface area contributed by atoms with Crippen molar-refractivity contribution in [1.29, 1.82) is 0 Å². The van der Waals surface area contributed by atoms with Crippen LogP contribution in [0.5, 0.6) is 0 Å². The van der Waals surface area contributed by atoms with Gasteiger partial charge in [0.2, 0.25) is 0 Å². The van der Waals surface area contributed by atoms with Crippen LogP contribution in [0, 0.1) is 5.92 Å². The molecular formula is C25H32ClNO4. The maximum Gasteiger partial charge on any atom is 0.324 e. The third-order valence-electron chi connectivity index (χ3n) is 5.16. The van der Waals surface area contributed by atoms with Crippen molar-refractivity contribution >= 4 is 23.5 Å². The summed E-state index contributed by atoms with van der Waals surface area (Å²) in [7, 11) is 0. The van der Waals surface area contributed by atoms with E-state index in [2.05, 4.69) is 17.8 Å². The van der Waals surface area contributed by atoms with Gasteiger partial charge in [0.15, 0.2) is 0 Å². The van der Waals surface area contributed by atoms with Crippen LogP contribution in [0.25, 0.3) is 11.1 Å². The Bertz CT molecular complexity index is 877. The third kappa shape index (κ3) is 8.00. The van der Waals surface area contributed by atoms with Crippen molar-refractivity contribution in [3.8, 4) is 11.1 Å². The fourth-order valence-corrected chi connectivity index (χ4v) is 3.83. The number of halogens is 1. The highest BCUT2D eigenvalue weighted by Gasteiger charge is 2.27.